The van der Waals surface area contributed by atoms with Crippen LogP contribution in [0, 0.1) is 6.58 Å². The first kappa shape index (κ1) is 9.96. The van der Waals surface area contributed by atoms with Crippen LogP contribution >= 0.6 is 0 Å². The molecule has 0 aliphatic carbocycles. The molecule has 4 radical (unpaired) electrons. The lowest BCUT2D eigenvalue weighted by molar-refractivity contribution is 0.569. The van der Waals surface area contributed by atoms with Gasteiger partial charge in [0.2, 0.25) is 0 Å². The molecule has 0 atom stereocenters. The summed E-state index contributed by atoms with van der Waals surface area (Å²) in [5, 5.41) is 0. The average molecular weight is 56.0 g/mol. The zero-order valence-corrected chi connectivity index (χ0v) is 1.82. The van der Waals surface area contributed by atoms with Gasteiger partial charge in [0.15, 0.2) is 0 Å². The van der Waals surface area contributed by atoms with E-state index >= 15 is 0 Å². The third-order valence-corrected chi connectivity index (χ3v) is 0. The predicted octanol–water partition coefficient (Wildman–Crippen LogP) is -0.435. The molecule has 0 aromatic rings. The fourth-order valence-corrected chi connectivity index (χ4v) is 0. The molecule has 0 unspecified atom stereocenters. The summed E-state index contributed by atoms with van der Waals surface area (Å²) in [5.41, 5.74) is 0. The van der Waals surface area contributed by atoms with Crippen molar-refractivity contribution in [1.82, 2.24) is 0 Å². The van der Waals surface area contributed by atoms with Gasteiger partial charge >= 0.3 is 0 Å². The van der Waals surface area contributed by atoms with Gasteiger partial charge < -0.3 is 0 Å². The highest BCUT2D eigenvalue weighted by Crippen LogP contribution is 0.867. The van der Waals surface area contributed by atoms with Crippen molar-refractivity contribution in [3.05, 3.63) is 6.58 Å². The third-order valence-electron chi connectivity index (χ3n) is 0. The summed E-state index contributed by atoms with van der Waals surface area (Å²) in [6.07, 6.45) is 0. The van der Waals surface area contributed by atoms with E-state index in [4.69, 9.17) is 11.4 Å². The average Bonchev–Trinajstić information content (AvgIpc) is 0.918. The molecular formula is C2O2. The van der Waals surface area contributed by atoms with Crippen LogP contribution in [-0.2, 0) is 10.3 Å². The lowest BCUT2D eigenvalue weighted by Crippen LogP contribution is -1.16. The molecule has 0 saturated heterocycles. The van der Waals surface area contributed by atoms with E-state index in [9.17, 15) is 0 Å². The summed E-state index contributed by atoms with van der Waals surface area (Å²) in [6, 6.07) is 0. The SMILES string of the molecule is [C]=C=O.[O]. The summed E-state index contributed by atoms with van der Waals surface area (Å²) in [4.78, 5) is 8.35. The molecule has 0 aliphatic rings. The van der Waals surface area contributed by atoms with Crippen molar-refractivity contribution in [1.29, 1.82) is 0 Å². The monoisotopic (exact) mass is 56.0 g/mol. The highest BCUT2D eigenvalue weighted by atomic mass is 16.1. The van der Waals surface area contributed by atoms with Gasteiger partial charge in [-0.1, -0.05) is 0 Å². The zero-order chi connectivity index (χ0) is 2.71. The van der Waals surface area contributed by atoms with Crippen LogP contribution in [0.4, 0.5) is 0 Å². The molecule has 0 aromatic carbocycles. The van der Waals surface area contributed by atoms with Crippen molar-refractivity contribution in [3.8, 4) is 0 Å². The summed E-state index contributed by atoms with van der Waals surface area (Å²) < 4.78 is 0. The van der Waals surface area contributed by atoms with E-state index in [2.05, 4.69) is 0 Å². The third kappa shape index (κ3) is 0.681. The van der Waals surface area contributed by atoms with Gasteiger partial charge in [0, 0.05) is 5.48 Å². The summed E-state index contributed by atoms with van der Waals surface area (Å²) in [7, 11) is 0. The molecule has 0 amide bonds. The van der Waals surface area contributed by atoms with Crippen LogP contribution in [0.5, 0.6) is 0 Å². The second kappa shape index (κ2) is 28.5. The minimum absolute atomic E-state index is 0. The van der Waals surface area contributed by atoms with E-state index in [-0.39, 0.29) is 5.48 Å². The standard InChI is InChI=1S/C2O.O/c1-2-3;. The Bertz CT molecular complexity index is 25.0. The van der Waals surface area contributed by atoms with Gasteiger partial charge in [0.05, 0.1) is 6.58 Å². The maximum absolute atomic E-state index is 8.35. The number of hydrogen-bond donors (Lipinski definition) is 0. The van der Waals surface area contributed by atoms with Gasteiger partial charge in [0.25, 0.3) is 0 Å². The molecule has 0 rings (SSSR count). The lowest BCUT2D eigenvalue weighted by Gasteiger charge is -0.987. The first-order valence-electron chi connectivity index (χ1n) is 0.454. The van der Waals surface area contributed by atoms with Gasteiger partial charge in [-0.05, 0) is 0 Å². The first-order chi connectivity index (χ1) is 1.41. The molecule has 0 N–H and O–H groups in total. The van der Waals surface area contributed by atoms with Crippen molar-refractivity contribution in [2.75, 3.05) is 0 Å². The van der Waals surface area contributed by atoms with Gasteiger partial charge in [-0.2, -0.15) is 0 Å². The Morgan fingerprint density at radius 3 is 1.75 bits per heavy atom. The molecule has 0 spiro atoms. The second-order valence-corrected chi connectivity index (χ2v) is 0.102. The normalized spacial score (nSPS) is 2.00. The van der Waals surface area contributed by atoms with Crippen LogP contribution in [-0.4, -0.2) is 5.94 Å². The lowest BCUT2D eigenvalue weighted by atomic mass is 11.2. The number of hydrogen-bond acceptors (Lipinski definition) is 1. The van der Waals surface area contributed by atoms with Gasteiger partial charge in [0.1, 0.15) is 5.94 Å². The molecule has 0 fully saturated rings. The van der Waals surface area contributed by atoms with Crippen LogP contribution < -0.4 is 0 Å². The molecule has 0 aromatic heterocycles. The van der Waals surface area contributed by atoms with Crippen molar-refractivity contribution in [2.24, 2.45) is 0 Å². The molecule has 20 valence electrons. The molecule has 2 heteroatoms. The van der Waals surface area contributed by atoms with Gasteiger partial charge in [-0.3, -0.25) is 0 Å². The summed E-state index contributed by atoms with van der Waals surface area (Å²) in [5.74, 6) is 0.750. The van der Waals surface area contributed by atoms with E-state index in [1.165, 1.54) is 0 Å². The first-order valence-corrected chi connectivity index (χ1v) is 0.454. The summed E-state index contributed by atoms with van der Waals surface area (Å²) in [6.45, 7) is 5.40. The largest absolute Gasteiger partial charge is 0.233 e. The van der Waals surface area contributed by atoms with Crippen LogP contribution in [0.25, 0.3) is 0 Å². The topological polar surface area (TPSA) is 45.6 Å². The van der Waals surface area contributed by atoms with E-state index in [1.807, 2.05) is 0 Å². The Hall–Kier alpha value is -0.590. The van der Waals surface area contributed by atoms with Crippen molar-refractivity contribution < 1.29 is 10.3 Å². The van der Waals surface area contributed by atoms with E-state index in [0.29, 0.717) is 0 Å². The molecule has 0 saturated carbocycles. The minimum Gasteiger partial charge on any atom is -0.233 e. The minimum atomic E-state index is 0. The van der Waals surface area contributed by atoms with Crippen LogP contribution in [0.2, 0.25) is 0 Å². The Kier molecular flexibility index (Phi) is 71.0. The van der Waals surface area contributed by atoms with E-state index in [1.54, 1.807) is 0 Å². The number of carbonyl (C=O) groups excluding carboxylic acids is 1. The second-order valence-electron chi connectivity index (χ2n) is 0.102. The maximum Gasteiger partial charge on any atom is 0.135 e. The van der Waals surface area contributed by atoms with Crippen LogP contribution in [0.15, 0.2) is 0 Å². The molecule has 4 heavy (non-hydrogen) atoms. The van der Waals surface area contributed by atoms with Crippen molar-refractivity contribution in [3.63, 3.8) is 0 Å². The van der Waals surface area contributed by atoms with Crippen LogP contribution in [0.3, 0.4) is 0 Å². The van der Waals surface area contributed by atoms with E-state index in [0.717, 1.165) is 5.94 Å². The van der Waals surface area contributed by atoms with Crippen LogP contribution in [0.1, 0.15) is 0 Å². The Morgan fingerprint density at radius 1 is 1.75 bits per heavy atom. The smallest absolute Gasteiger partial charge is 0.135 e. The van der Waals surface area contributed by atoms with Gasteiger partial charge in [-0.25, -0.2) is 4.79 Å². The van der Waals surface area contributed by atoms with Gasteiger partial charge in [-0.15, -0.1) is 0 Å². The molecule has 0 heterocycles. The summed E-state index contributed by atoms with van der Waals surface area (Å²) >= 11 is 0. The predicted molar refractivity (Wildman–Crippen MR) is 9.62 cm³/mol. The Morgan fingerprint density at radius 2 is 1.75 bits per heavy atom. The van der Waals surface area contributed by atoms with E-state index < -0.39 is 0 Å². The maximum atomic E-state index is 8.35. The number of rotatable bonds is 0. The fraction of sp³-hybridized carbons (Fsp3) is 0. The molecule has 0 aliphatic heterocycles. The van der Waals surface area contributed by atoms with Crippen molar-refractivity contribution >= 4 is 5.94 Å². The molecule has 2 nitrogen and oxygen atoms in total. The Balaban J connectivity index is 0. The zero-order valence-electron chi connectivity index (χ0n) is 1.82. The highest BCUT2D eigenvalue weighted by Gasteiger charge is 1.05. The van der Waals surface area contributed by atoms with Crippen molar-refractivity contribution in [2.45, 2.75) is 0 Å². The molecule has 0 bridgehead atoms. The molecular weight excluding hydrogens is 56.0 g/mol. The quantitative estimate of drug-likeness (QED) is 0.347. The highest BCUT2D eigenvalue weighted by molar-refractivity contribution is 5.35. The Labute approximate surface area is 24.1 Å². The fourth-order valence-electron chi connectivity index (χ4n) is 0.